The van der Waals surface area contributed by atoms with Gasteiger partial charge in [0.25, 0.3) is 15.9 Å². The number of fused-ring (bicyclic) bond motifs is 1. The highest BCUT2D eigenvalue weighted by molar-refractivity contribution is 7.92. The number of methoxy groups -OCH3 is 1. The Morgan fingerprint density at radius 1 is 1.13 bits per heavy atom. The number of thiazole rings is 1. The summed E-state index contributed by atoms with van der Waals surface area (Å²) in [5.41, 5.74) is 3.91. The number of benzene rings is 3. The van der Waals surface area contributed by atoms with Gasteiger partial charge in [-0.2, -0.15) is 0 Å². The van der Waals surface area contributed by atoms with Gasteiger partial charge in [0.05, 0.1) is 34.9 Å². The van der Waals surface area contributed by atoms with Gasteiger partial charge in [-0.3, -0.25) is 14.4 Å². The van der Waals surface area contributed by atoms with Gasteiger partial charge in [-0.1, -0.05) is 17.4 Å². The van der Waals surface area contributed by atoms with Gasteiger partial charge in [0.2, 0.25) is 0 Å². The van der Waals surface area contributed by atoms with E-state index in [1.807, 2.05) is 13.0 Å². The minimum atomic E-state index is -3.79. The highest BCUT2D eigenvalue weighted by atomic mass is 32.2. The molecule has 198 valence electrons. The molecule has 2 heterocycles. The van der Waals surface area contributed by atoms with E-state index < -0.39 is 10.0 Å². The maximum absolute atomic E-state index is 13.7. The minimum absolute atomic E-state index is 0.0515. The number of sulfonamides is 1. The Kier molecular flexibility index (Phi) is 7.38. The van der Waals surface area contributed by atoms with Crippen LogP contribution in [0.5, 0.6) is 5.75 Å². The Balaban J connectivity index is 1.40. The minimum Gasteiger partial charge on any atom is -0.497 e. The molecule has 1 fully saturated rings. The predicted molar refractivity (Wildman–Crippen MR) is 150 cm³/mol. The van der Waals surface area contributed by atoms with Gasteiger partial charge in [-0.15, -0.1) is 0 Å². The molecule has 3 aromatic carbocycles. The Bertz CT molecular complexity index is 1560. The van der Waals surface area contributed by atoms with Gasteiger partial charge in [-0.25, -0.2) is 13.4 Å². The van der Waals surface area contributed by atoms with Crippen molar-refractivity contribution in [2.45, 2.75) is 37.7 Å². The van der Waals surface area contributed by atoms with Crippen LogP contribution in [0.1, 0.15) is 34.3 Å². The zero-order valence-corrected chi connectivity index (χ0v) is 23.1. The van der Waals surface area contributed by atoms with E-state index in [9.17, 15) is 13.2 Å². The molecule has 10 heteroatoms. The smallest absolute Gasteiger partial charge is 0.261 e. The van der Waals surface area contributed by atoms with E-state index in [1.54, 1.807) is 41.3 Å². The molecule has 0 saturated carbocycles. The summed E-state index contributed by atoms with van der Waals surface area (Å²) in [6.07, 6.45) is 1.80. The third-order valence-electron chi connectivity index (χ3n) is 6.45. The van der Waals surface area contributed by atoms with Crippen molar-refractivity contribution in [3.05, 3.63) is 77.4 Å². The van der Waals surface area contributed by atoms with Crippen molar-refractivity contribution < 1.29 is 22.7 Å². The number of ether oxygens (including phenoxy) is 2. The summed E-state index contributed by atoms with van der Waals surface area (Å²) in [6, 6.07) is 16.7. The summed E-state index contributed by atoms with van der Waals surface area (Å²) in [5.74, 6) is 0.358. The number of carbonyl (C=O) groups is 1. The fraction of sp³-hybridized carbons (Fsp3) is 0.286. The third-order valence-corrected chi connectivity index (χ3v) is 9.08. The average Bonchev–Trinajstić information content (AvgIpc) is 3.57. The maximum Gasteiger partial charge on any atom is 0.261 e. The van der Waals surface area contributed by atoms with Crippen molar-refractivity contribution in [3.8, 4) is 5.75 Å². The van der Waals surface area contributed by atoms with E-state index in [0.29, 0.717) is 35.3 Å². The number of rotatable bonds is 8. The molecule has 1 atom stereocenters. The zero-order chi connectivity index (χ0) is 26.9. The molecule has 38 heavy (non-hydrogen) atoms. The lowest BCUT2D eigenvalue weighted by atomic mass is 10.1. The first-order valence-electron chi connectivity index (χ1n) is 12.3. The molecule has 1 unspecified atom stereocenters. The summed E-state index contributed by atoms with van der Waals surface area (Å²) in [5, 5.41) is 0.624. The third kappa shape index (κ3) is 5.52. The molecule has 0 spiro atoms. The second kappa shape index (κ2) is 10.7. The molecular weight excluding hydrogens is 522 g/mol. The summed E-state index contributed by atoms with van der Waals surface area (Å²) in [4.78, 5) is 20.3. The van der Waals surface area contributed by atoms with Crippen molar-refractivity contribution in [2.24, 2.45) is 0 Å². The molecule has 1 aromatic heterocycles. The second-order valence-electron chi connectivity index (χ2n) is 9.34. The molecule has 1 amide bonds. The summed E-state index contributed by atoms with van der Waals surface area (Å²) >= 11 is 1.50. The Hall–Kier alpha value is -3.47. The summed E-state index contributed by atoms with van der Waals surface area (Å²) in [7, 11) is -2.28. The molecule has 5 rings (SSSR count). The topological polar surface area (TPSA) is 97.8 Å². The number of nitrogens with zero attached hydrogens (tertiary/aromatic N) is 2. The molecule has 1 saturated heterocycles. The standard InChI is InChI=1S/C28H29N3O5S2/c1-18-15-19(2)26-25(16-18)29-28(37-26)31(17-23-5-4-14-36-23)27(32)20-6-8-21(9-7-20)30-38(33,34)24-12-10-22(35-3)11-13-24/h6-13,15-16,23,30H,4-5,14,17H2,1-3H3. The van der Waals surface area contributed by atoms with Crippen LogP contribution < -0.4 is 14.4 Å². The lowest BCUT2D eigenvalue weighted by molar-refractivity contribution is 0.0917. The van der Waals surface area contributed by atoms with Gasteiger partial charge in [-0.05, 0) is 92.4 Å². The highest BCUT2D eigenvalue weighted by Gasteiger charge is 2.27. The Morgan fingerprint density at radius 3 is 2.53 bits per heavy atom. The number of carbonyl (C=O) groups excluding carboxylic acids is 1. The summed E-state index contributed by atoms with van der Waals surface area (Å²) < 4.78 is 40.1. The van der Waals surface area contributed by atoms with Crippen LogP contribution in [0, 0.1) is 13.8 Å². The fourth-order valence-corrected chi connectivity index (χ4v) is 6.61. The molecular formula is C28H29N3O5S2. The highest BCUT2D eigenvalue weighted by Crippen LogP contribution is 2.34. The van der Waals surface area contributed by atoms with Crippen LogP contribution in [-0.4, -0.2) is 45.7 Å². The zero-order valence-electron chi connectivity index (χ0n) is 21.4. The van der Waals surface area contributed by atoms with E-state index in [0.717, 1.165) is 34.2 Å². The maximum atomic E-state index is 13.7. The first-order chi connectivity index (χ1) is 18.2. The molecule has 0 aliphatic carbocycles. The van der Waals surface area contributed by atoms with Crippen molar-refractivity contribution >= 4 is 48.3 Å². The molecule has 1 aliphatic heterocycles. The van der Waals surface area contributed by atoms with Gasteiger partial charge in [0.15, 0.2) is 5.13 Å². The van der Waals surface area contributed by atoms with Crippen LogP contribution in [0.25, 0.3) is 10.2 Å². The summed E-state index contributed by atoms with van der Waals surface area (Å²) in [6.45, 7) is 5.18. The van der Waals surface area contributed by atoms with Crippen LogP contribution in [0.4, 0.5) is 10.8 Å². The number of anilines is 2. The van der Waals surface area contributed by atoms with Gasteiger partial charge in [0.1, 0.15) is 5.75 Å². The molecule has 0 bridgehead atoms. The van der Waals surface area contributed by atoms with Crippen molar-refractivity contribution in [1.29, 1.82) is 0 Å². The van der Waals surface area contributed by atoms with Crippen LogP contribution in [0.3, 0.4) is 0 Å². The first-order valence-corrected chi connectivity index (χ1v) is 14.6. The quantitative estimate of drug-likeness (QED) is 0.308. The number of aromatic nitrogens is 1. The van der Waals surface area contributed by atoms with E-state index in [2.05, 4.69) is 17.7 Å². The Labute approximate surface area is 226 Å². The molecule has 1 aliphatic rings. The number of hydrogen-bond acceptors (Lipinski definition) is 7. The van der Waals surface area contributed by atoms with E-state index >= 15 is 0 Å². The Morgan fingerprint density at radius 2 is 1.87 bits per heavy atom. The molecule has 8 nitrogen and oxygen atoms in total. The molecule has 0 radical (unpaired) electrons. The van der Waals surface area contributed by atoms with Gasteiger partial charge < -0.3 is 9.47 Å². The van der Waals surface area contributed by atoms with Crippen LogP contribution in [0.15, 0.2) is 65.6 Å². The van der Waals surface area contributed by atoms with E-state index in [1.165, 1.54) is 30.6 Å². The number of nitrogens with one attached hydrogen (secondary N) is 1. The van der Waals surface area contributed by atoms with Gasteiger partial charge in [0, 0.05) is 17.9 Å². The first kappa shape index (κ1) is 26.1. The van der Waals surface area contributed by atoms with E-state index in [4.69, 9.17) is 14.5 Å². The normalized spacial score (nSPS) is 15.5. The van der Waals surface area contributed by atoms with Gasteiger partial charge >= 0.3 is 0 Å². The lowest BCUT2D eigenvalue weighted by Crippen LogP contribution is -2.37. The number of aryl methyl sites for hydroxylation is 2. The second-order valence-corrected chi connectivity index (χ2v) is 12.0. The SMILES string of the molecule is COc1ccc(S(=O)(=O)Nc2ccc(C(=O)N(CC3CCCO3)c3nc4cc(C)cc(C)c4s3)cc2)cc1. The number of hydrogen-bond donors (Lipinski definition) is 1. The molecule has 1 N–H and O–H groups in total. The molecule has 4 aromatic rings. The average molecular weight is 552 g/mol. The monoisotopic (exact) mass is 551 g/mol. The fourth-order valence-electron chi connectivity index (χ4n) is 4.53. The van der Waals surface area contributed by atoms with Crippen molar-refractivity contribution in [1.82, 2.24) is 4.98 Å². The van der Waals surface area contributed by atoms with Crippen LogP contribution in [0.2, 0.25) is 0 Å². The largest absolute Gasteiger partial charge is 0.497 e. The van der Waals surface area contributed by atoms with Crippen LogP contribution >= 0.6 is 11.3 Å². The lowest BCUT2D eigenvalue weighted by Gasteiger charge is -2.23. The number of amides is 1. The van der Waals surface area contributed by atoms with Crippen molar-refractivity contribution in [3.63, 3.8) is 0 Å². The van der Waals surface area contributed by atoms with Crippen molar-refractivity contribution in [2.75, 3.05) is 29.9 Å². The van der Waals surface area contributed by atoms with Crippen LogP contribution in [-0.2, 0) is 14.8 Å². The van der Waals surface area contributed by atoms with E-state index in [-0.39, 0.29) is 16.9 Å². The predicted octanol–water partition coefficient (Wildman–Crippen LogP) is 5.55.